The molecule has 2 N–H and O–H groups in total. The fourth-order valence-electron chi connectivity index (χ4n) is 2.23. The van der Waals surface area contributed by atoms with Crippen LogP contribution in [0.1, 0.15) is 15.9 Å². The Morgan fingerprint density at radius 2 is 1.80 bits per heavy atom. The molecule has 0 radical (unpaired) electrons. The first kappa shape index (κ1) is 18.8. The Hall–Kier alpha value is -2.58. The molecular formula is C17H21N3O4S. The van der Waals surface area contributed by atoms with Crippen molar-refractivity contribution in [2.24, 2.45) is 0 Å². The third-order valence-corrected chi connectivity index (χ3v) is 4.92. The van der Waals surface area contributed by atoms with Gasteiger partial charge in [-0.15, -0.1) is 0 Å². The van der Waals surface area contributed by atoms with Gasteiger partial charge in [-0.25, -0.2) is 13.4 Å². The van der Waals surface area contributed by atoms with Gasteiger partial charge in [0.25, 0.3) is 15.9 Å². The van der Waals surface area contributed by atoms with Gasteiger partial charge in [-0.2, -0.15) is 0 Å². The van der Waals surface area contributed by atoms with Crippen LogP contribution in [0.25, 0.3) is 0 Å². The van der Waals surface area contributed by atoms with E-state index in [2.05, 4.69) is 10.1 Å². The maximum atomic E-state index is 12.8. The van der Waals surface area contributed by atoms with E-state index in [1.165, 1.54) is 18.2 Å². The van der Waals surface area contributed by atoms with Gasteiger partial charge in [0.1, 0.15) is 5.75 Å². The number of rotatable bonds is 6. The van der Waals surface area contributed by atoms with Crippen LogP contribution in [-0.2, 0) is 10.0 Å². The normalized spacial score (nSPS) is 11.2. The van der Waals surface area contributed by atoms with Gasteiger partial charge in [0.2, 0.25) is 0 Å². The summed E-state index contributed by atoms with van der Waals surface area (Å²) in [5.41, 5.74) is 3.69. The van der Waals surface area contributed by atoms with Gasteiger partial charge in [0.05, 0.1) is 17.7 Å². The molecule has 25 heavy (non-hydrogen) atoms. The molecule has 7 nitrogen and oxygen atoms in total. The van der Waals surface area contributed by atoms with E-state index in [-0.39, 0.29) is 10.5 Å². The van der Waals surface area contributed by atoms with Gasteiger partial charge in [0.15, 0.2) is 0 Å². The van der Waals surface area contributed by atoms with E-state index in [0.29, 0.717) is 17.0 Å². The Morgan fingerprint density at radius 1 is 1.12 bits per heavy atom. The highest BCUT2D eigenvalue weighted by molar-refractivity contribution is 7.92. The first-order chi connectivity index (χ1) is 11.7. The molecule has 0 saturated carbocycles. The number of anilines is 1. The van der Waals surface area contributed by atoms with Gasteiger partial charge in [-0.05, 0) is 36.8 Å². The van der Waals surface area contributed by atoms with Crippen LogP contribution in [0.2, 0.25) is 0 Å². The summed E-state index contributed by atoms with van der Waals surface area (Å²) in [6.45, 7) is 1.67. The van der Waals surface area contributed by atoms with Crippen LogP contribution in [0.3, 0.4) is 0 Å². The minimum atomic E-state index is -3.88. The fraction of sp³-hybridized carbons (Fsp3) is 0.235. The minimum absolute atomic E-state index is 0.0322. The average molecular weight is 363 g/mol. The maximum absolute atomic E-state index is 12.8. The second kappa shape index (κ2) is 7.54. The molecule has 0 saturated heterocycles. The summed E-state index contributed by atoms with van der Waals surface area (Å²) in [7, 11) is 0.925. The number of para-hydroxylation sites is 2. The van der Waals surface area contributed by atoms with Gasteiger partial charge >= 0.3 is 0 Å². The van der Waals surface area contributed by atoms with Gasteiger partial charge in [0, 0.05) is 19.7 Å². The molecule has 0 unspecified atom stereocenters. The maximum Gasteiger partial charge on any atom is 0.265 e. The van der Waals surface area contributed by atoms with Gasteiger partial charge < -0.3 is 4.74 Å². The summed E-state index contributed by atoms with van der Waals surface area (Å²) in [5, 5.41) is 1.49. The summed E-state index contributed by atoms with van der Waals surface area (Å²) < 4.78 is 33.2. The van der Waals surface area contributed by atoms with Crippen molar-refractivity contribution in [3.8, 4) is 5.75 Å². The zero-order valence-electron chi connectivity index (χ0n) is 14.5. The minimum Gasteiger partial charge on any atom is -0.495 e. The molecule has 0 bridgehead atoms. The highest BCUT2D eigenvalue weighted by Crippen LogP contribution is 2.27. The Morgan fingerprint density at radius 3 is 2.44 bits per heavy atom. The number of benzene rings is 2. The largest absolute Gasteiger partial charge is 0.495 e. The molecular weight excluding hydrogens is 342 g/mol. The summed E-state index contributed by atoms with van der Waals surface area (Å²) >= 11 is 0. The van der Waals surface area contributed by atoms with Crippen molar-refractivity contribution in [1.82, 2.24) is 10.4 Å². The van der Waals surface area contributed by atoms with E-state index in [1.54, 1.807) is 57.4 Å². The van der Waals surface area contributed by atoms with Crippen LogP contribution in [0.4, 0.5) is 5.69 Å². The van der Waals surface area contributed by atoms with E-state index in [9.17, 15) is 13.2 Å². The molecule has 2 aromatic carbocycles. The number of carbonyl (C=O) groups excluding carboxylic acids is 1. The number of methoxy groups -OCH3 is 1. The van der Waals surface area contributed by atoms with E-state index >= 15 is 0 Å². The predicted octanol–water partition coefficient (Wildman–Crippen LogP) is 2.01. The van der Waals surface area contributed by atoms with Crippen LogP contribution in [-0.4, -0.2) is 40.5 Å². The lowest BCUT2D eigenvalue weighted by atomic mass is 10.1. The van der Waals surface area contributed by atoms with Crippen molar-refractivity contribution < 1.29 is 17.9 Å². The molecule has 2 aromatic rings. The molecule has 0 aliphatic carbocycles. The average Bonchev–Trinajstić information content (AvgIpc) is 2.54. The number of hydrazine groups is 1. The smallest absolute Gasteiger partial charge is 0.265 e. The van der Waals surface area contributed by atoms with Crippen molar-refractivity contribution in [2.45, 2.75) is 11.8 Å². The number of hydrogen-bond donors (Lipinski definition) is 2. The Labute approximate surface area is 147 Å². The van der Waals surface area contributed by atoms with Crippen molar-refractivity contribution in [3.05, 3.63) is 53.6 Å². The predicted molar refractivity (Wildman–Crippen MR) is 96.1 cm³/mol. The summed E-state index contributed by atoms with van der Waals surface area (Å²) in [6, 6.07) is 11.2. The summed E-state index contributed by atoms with van der Waals surface area (Å²) in [5.74, 6) is 0.0176. The number of nitrogens with one attached hydrogen (secondary N) is 2. The first-order valence-corrected chi connectivity index (χ1v) is 8.97. The van der Waals surface area contributed by atoms with Crippen molar-refractivity contribution in [2.75, 3.05) is 25.9 Å². The SMILES string of the molecule is COc1ccccc1NS(=O)(=O)c1cc(C(=O)NN(C)C)ccc1C. The van der Waals surface area contributed by atoms with Gasteiger partial charge in [-0.3, -0.25) is 14.9 Å². The molecule has 1 amide bonds. The van der Waals surface area contributed by atoms with E-state index in [1.807, 2.05) is 0 Å². The molecule has 134 valence electrons. The molecule has 0 aliphatic rings. The van der Waals surface area contributed by atoms with Crippen molar-refractivity contribution in [3.63, 3.8) is 0 Å². The molecule has 0 spiro atoms. The third-order valence-electron chi connectivity index (χ3n) is 3.42. The summed E-state index contributed by atoms with van der Waals surface area (Å²) in [4.78, 5) is 12.1. The molecule has 0 heterocycles. The number of ether oxygens (including phenoxy) is 1. The van der Waals surface area contributed by atoms with Crippen LogP contribution in [0.15, 0.2) is 47.4 Å². The monoisotopic (exact) mass is 363 g/mol. The standard InChI is InChI=1S/C17H21N3O4S/c1-12-9-10-13(17(21)18-20(2)3)11-16(12)25(22,23)19-14-7-5-6-8-15(14)24-4/h5-11,19H,1-4H3,(H,18,21). The quantitative estimate of drug-likeness (QED) is 0.767. The Balaban J connectivity index is 2.40. The number of hydrogen-bond acceptors (Lipinski definition) is 5. The zero-order valence-corrected chi connectivity index (χ0v) is 15.3. The lowest BCUT2D eigenvalue weighted by Crippen LogP contribution is -2.36. The van der Waals surface area contributed by atoms with Crippen molar-refractivity contribution in [1.29, 1.82) is 0 Å². The van der Waals surface area contributed by atoms with E-state index in [0.717, 1.165) is 0 Å². The van der Waals surface area contributed by atoms with Crippen molar-refractivity contribution >= 4 is 21.6 Å². The van der Waals surface area contributed by atoms with Crippen LogP contribution >= 0.6 is 0 Å². The number of aryl methyl sites for hydroxylation is 1. The van der Waals surface area contributed by atoms with E-state index < -0.39 is 15.9 Å². The van der Waals surface area contributed by atoms with Crippen LogP contribution in [0.5, 0.6) is 5.75 Å². The highest BCUT2D eigenvalue weighted by Gasteiger charge is 2.20. The Bertz CT molecular complexity index is 879. The van der Waals surface area contributed by atoms with Crippen LogP contribution in [0, 0.1) is 6.92 Å². The second-order valence-electron chi connectivity index (χ2n) is 5.62. The third kappa shape index (κ3) is 4.49. The lowest BCUT2D eigenvalue weighted by Gasteiger charge is -2.15. The molecule has 8 heteroatoms. The number of carbonyl (C=O) groups is 1. The molecule has 2 rings (SSSR count). The molecule has 0 aromatic heterocycles. The Kier molecular flexibility index (Phi) is 5.66. The molecule has 0 aliphatic heterocycles. The second-order valence-corrected chi connectivity index (χ2v) is 7.27. The number of amides is 1. The first-order valence-electron chi connectivity index (χ1n) is 7.49. The fourth-order valence-corrected chi connectivity index (χ4v) is 3.57. The van der Waals surface area contributed by atoms with Gasteiger partial charge in [-0.1, -0.05) is 18.2 Å². The number of sulfonamides is 1. The molecule has 0 atom stereocenters. The van der Waals surface area contributed by atoms with Crippen LogP contribution < -0.4 is 14.9 Å². The molecule has 0 fully saturated rings. The lowest BCUT2D eigenvalue weighted by molar-refractivity contribution is 0.0856. The zero-order chi connectivity index (χ0) is 18.6. The summed E-state index contributed by atoms with van der Waals surface area (Å²) in [6.07, 6.45) is 0. The van der Waals surface area contributed by atoms with E-state index in [4.69, 9.17) is 4.74 Å². The topological polar surface area (TPSA) is 87.7 Å². The highest BCUT2D eigenvalue weighted by atomic mass is 32.2. The number of nitrogens with zero attached hydrogens (tertiary/aromatic N) is 1.